The van der Waals surface area contributed by atoms with Crippen molar-refractivity contribution in [3.8, 4) is 17.1 Å². The standard InChI is InChI=1S/C20H22ClN5OS/c1-20(2)13-24(11-12-27-20)14-25-19(28)26(17-5-3-16(21)4-6-17)18(23-25)15-7-9-22-10-8-15/h3-10H,11-14H2,1-2H3. The van der Waals surface area contributed by atoms with Gasteiger partial charge in [0.1, 0.15) is 0 Å². The van der Waals surface area contributed by atoms with E-state index in [0.717, 1.165) is 30.2 Å². The molecule has 0 bridgehead atoms. The van der Waals surface area contributed by atoms with Gasteiger partial charge >= 0.3 is 0 Å². The Morgan fingerprint density at radius 2 is 1.86 bits per heavy atom. The van der Waals surface area contributed by atoms with E-state index in [0.29, 0.717) is 23.1 Å². The van der Waals surface area contributed by atoms with Crippen molar-refractivity contribution in [2.24, 2.45) is 0 Å². The molecule has 0 N–H and O–H groups in total. The fraction of sp³-hybridized carbons (Fsp3) is 0.350. The largest absolute Gasteiger partial charge is 0.373 e. The molecule has 1 aromatic carbocycles. The molecular weight excluding hydrogens is 394 g/mol. The molecule has 3 aromatic rings. The minimum atomic E-state index is -0.174. The first-order valence-electron chi connectivity index (χ1n) is 9.15. The van der Waals surface area contributed by atoms with E-state index in [-0.39, 0.29) is 5.60 Å². The van der Waals surface area contributed by atoms with E-state index in [9.17, 15) is 0 Å². The second kappa shape index (κ2) is 7.75. The van der Waals surface area contributed by atoms with E-state index in [1.807, 2.05) is 45.6 Å². The maximum absolute atomic E-state index is 6.07. The van der Waals surface area contributed by atoms with Crippen LogP contribution in [-0.4, -0.2) is 49.5 Å². The highest BCUT2D eigenvalue weighted by Crippen LogP contribution is 2.24. The van der Waals surface area contributed by atoms with Crippen molar-refractivity contribution >= 4 is 23.8 Å². The molecule has 1 aliphatic rings. The molecule has 2 aromatic heterocycles. The third-order valence-electron chi connectivity index (χ3n) is 4.70. The Morgan fingerprint density at radius 1 is 1.14 bits per heavy atom. The summed E-state index contributed by atoms with van der Waals surface area (Å²) in [7, 11) is 0. The zero-order chi connectivity index (χ0) is 19.7. The van der Waals surface area contributed by atoms with Crippen LogP contribution < -0.4 is 0 Å². The second-order valence-electron chi connectivity index (χ2n) is 7.46. The highest BCUT2D eigenvalue weighted by Gasteiger charge is 2.28. The lowest BCUT2D eigenvalue weighted by molar-refractivity contribution is -0.0946. The van der Waals surface area contributed by atoms with Gasteiger partial charge < -0.3 is 4.74 Å². The molecule has 1 fully saturated rings. The molecule has 0 spiro atoms. The van der Waals surface area contributed by atoms with Crippen LogP contribution in [-0.2, 0) is 11.4 Å². The molecule has 28 heavy (non-hydrogen) atoms. The van der Waals surface area contributed by atoms with Gasteiger partial charge in [0, 0.05) is 36.1 Å². The van der Waals surface area contributed by atoms with E-state index < -0.39 is 0 Å². The predicted molar refractivity (Wildman–Crippen MR) is 112 cm³/mol. The lowest BCUT2D eigenvalue weighted by Crippen LogP contribution is -2.48. The molecule has 3 heterocycles. The summed E-state index contributed by atoms with van der Waals surface area (Å²) in [5.41, 5.74) is 1.71. The summed E-state index contributed by atoms with van der Waals surface area (Å²) in [5, 5.41) is 5.54. The van der Waals surface area contributed by atoms with Crippen molar-refractivity contribution in [2.45, 2.75) is 26.1 Å². The van der Waals surface area contributed by atoms with Crippen molar-refractivity contribution in [2.75, 3.05) is 19.7 Å². The average molecular weight is 416 g/mol. The Hall–Kier alpha value is -2.06. The highest BCUT2D eigenvalue weighted by atomic mass is 35.5. The number of halogens is 1. The zero-order valence-electron chi connectivity index (χ0n) is 15.9. The minimum absolute atomic E-state index is 0.174. The molecule has 1 saturated heterocycles. The molecule has 8 heteroatoms. The number of pyridine rings is 1. The third kappa shape index (κ3) is 4.03. The first kappa shape index (κ1) is 19.3. The Balaban J connectivity index is 1.76. The Labute approximate surface area is 174 Å². The first-order valence-corrected chi connectivity index (χ1v) is 9.94. The predicted octanol–water partition coefficient (Wildman–Crippen LogP) is 4.19. The average Bonchev–Trinajstić information content (AvgIpc) is 2.99. The number of nitrogens with zero attached hydrogens (tertiary/aromatic N) is 5. The Kier molecular flexibility index (Phi) is 5.33. The van der Waals surface area contributed by atoms with Crippen LogP contribution >= 0.6 is 23.8 Å². The van der Waals surface area contributed by atoms with Crippen molar-refractivity contribution in [3.63, 3.8) is 0 Å². The zero-order valence-corrected chi connectivity index (χ0v) is 17.5. The van der Waals surface area contributed by atoms with Crippen molar-refractivity contribution in [1.82, 2.24) is 24.2 Å². The van der Waals surface area contributed by atoms with Crippen LogP contribution in [0.3, 0.4) is 0 Å². The fourth-order valence-electron chi connectivity index (χ4n) is 3.44. The molecular formula is C20H22ClN5OS. The van der Waals surface area contributed by atoms with Crippen LogP contribution in [0.15, 0.2) is 48.8 Å². The first-order chi connectivity index (χ1) is 13.4. The lowest BCUT2D eigenvalue weighted by Gasteiger charge is -2.37. The SMILES string of the molecule is CC1(C)CN(Cn2nc(-c3ccncc3)n(-c3ccc(Cl)cc3)c2=S)CCO1. The number of rotatable bonds is 4. The number of benzene rings is 1. The van der Waals surface area contributed by atoms with Crippen molar-refractivity contribution in [1.29, 1.82) is 0 Å². The smallest absolute Gasteiger partial charge is 0.204 e. The Bertz CT molecular complexity index is 1010. The number of hydrogen-bond acceptors (Lipinski definition) is 5. The summed E-state index contributed by atoms with van der Waals surface area (Å²) in [6.07, 6.45) is 3.52. The van der Waals surface area contributed by atoms with Crippen LogP contribution in [0.2, 0.25) is 5.02 Å². The molecule has 146 valence electrons. The normalized spacial score (nSPS) is 17.0. The fourth-order valence-corrected chi connectivity index (χ4v) is 3.85. The molecule has 1 aliphatic heterocycles. The van der Waals surface area contributed by atoms with Gasteiger partial charge in [0.05, 0.1) is 24.6 Å². The van der Waals surface area contributed by atoms with Gasteiger partial charge in [-0.05, 0) is 62.5 Å². The molecule has 4 rings (SSSR count). The summed E-state index contributed by atoms with van der Waals surface area (Å²) in [5.74, 6) is 0.780. The molecule has 0 unspecified atom stereocenters. The van der Waals surface area contributed by atoms with Gasteiger partial charge in [-0.15, -0.1) is 5.10 Å². The minimum Gasteiger partial charge on any atom is -0.373 e. The molecule has 0 saturated carbocycles. The molecule has 0 amide bonds. The van der Waals surface area contributed by atoms with E-state index in [2.05, 4.69) is 23.7 Å². The van der Waals surface area contributed by atoms with Crippen LogP contribution in [0, 0.1) is 4.77 Å². The number of hydrogen-bond donors (Lipinski definition) is 0. The van der Waals surface area contributed by atoms with Gasteiger partial charge in [-0.3, -0.25) is 14.5 Å². The third-order valence-corrected chi connectivity index (χ3v) is 5.35. The van der Waals surface area contributed by atoms with Gasteiger partial charge in [-0.2, -0.15) is 0 Å². The summed E-state index contributed by atoms with van der Waals surface area (Å²) in [6.45, 7) is 7.21. The summed E-state index contributed by atoms with van der Waals surface area (Å²) < 4.78 is 10.3. The van der Waals surface area contributed by atoms with E-state index in [4.69, 9.17) is 33.7 Å². The lowest BCUT2D eigenvalue weighted by atomic mass is 10.1. The van der Waals surface area contributed by atoms with Crippen molar-refractivity contribution in [3.05, 3.63) is 58.6 Å². The molecule has 6 nitrogen and oxygen atoms in total. The number of aromatic nitrogens is 4. The van der Waals surface area contributed by atoms with Gasteiger partial charge in [0.2, 0.25) is 4.77 Å². The number of ether oxygens (including phenoxy) is 1. The van der Waals surface area contributed by atoms with Crippen LogP contribution in [0.5, 0.6) is 0 Å². The van der Waals surface area contributed by atoms with Gasteiger partial charge in [-0.25, -0.2) is 4.68 Å². The van der Waals surface area contributed by atoms with Crippen LogP contribution in [0.1, 0.15) is 13.8 Å². The van der Waals surface area contributed by atoms with Gasteiger partial charge in [0.25, 0.3) is 0 Å². The summed E-state index contributed by atoms with van der Waals surface area (Å²) >= 11 is 11.9. The summed E-state index contributed by atoms with van der Waals surface area (Å²) in [6, 6.07) is 11.5. The molecule has 0 aliphatic carbocycles. The van der Waals surface area contributed by atoms with Gasteiger partial charge in [0.15, 0.2) is 5.82 Å². The monoisotopic (exact) mass is 415 g/mol. The highest BCUT2D eigenvalue weighted by molar-refractivity contribution is 7.71. The topological polar surface area (TPSA) is 48.1 Å². The van der Waals surface area contributed by atoms with E-state index in [1.54, 1.807) is 12.4 Å². The quantitative estimate of drug-likeness (QED) is 0.598. The maximum Gasteiger partial charge on any atom is 0.204 e. The number of morpholine rings is 1. The van der Waals surface area contributed by atoms with Crippen molar-refractivity contribution < 1.29 is 4.74 Å². The molecule has 0 radical (unpaired) electrons. The second-order valence-corrected chi connectivity index (χ2v) is 8.26. The molecule has 0 atom stereocenters. The van der Waals surface area contributed by atoms with Crippen LogP contribution in [0.25, 0.3) is 17.1 Å². The van der Waals surface area contributed by atoms with Gasteiger partial charge in [-0.1, -0.05) is 11.6 Å². The van der Waals surface area contributed by atoms with Crippen LogP contribution in [0.4, 0.5) is 0 Å². The van der Waals surface area contributed by atoms with E-state index >= 15 is 0 Å². The van der Waals surface area contributed by atoms with E-state index in [1.165, 1.54) is 0 Å². The maximum atomic E-state index is 6.07. The Morgan fingerprint density at radius 3 is 2.54 bits per heavy atom. The summed E-state index contributed by atoms with van der Waals surface area (Å²) in [4.78, 5) is 6.43.